The SMILES string of the molecule is Cc1ccc(S(=O)(=O)N(CC(=O)N(CCc2ccccc2)[C@@H](C)C(=O)NC(C)(C)C)c2cccc(C(F)(F)F)c2)cc1. The van der Waals surface area contributed by atoms with Crippen LogP contribution in [-0.2, 0) is 32.2 Å². The number of anilines is 1. The van der Waals surface area contributed by atoms with Crippen LogP contribution in [0, 0.1) is 6.92 Å². The van der Waals surface area contributed by atoms with Crippen molar-refractivity contribution in [2.45, 2.75) is 63.7 Å². The molecule has 226 valence electrons. The fourth-order valence-electron chi connectivity index (χ4n) is 4.25. The van der Waals surface area contributed by atoms with Gasteiger partial charge in [0.25, 0.3) is 10.0 Å². The van der Waals surface area contributed by atoms with Gasteiger partial charge in [-0.2, -0.15) is 13.2 Å². The molecular weight excluding hydrogens is 567 g/mol. The highest BCUT2D eigenvalue weighted by Gasteiger charge is 2.35. The Morgan fingerprint density at radius 1 is 0.905 bits per heavy atom. The van der Waals surface area contributed by atoms with Gasteiger partial charge in [0, 0.05) is 12.1 Å². The summed E-state index contributed by atoms with van der Waals surface area (Å²) in [4.78, 5) is 28.1. The number of halogens is 3. The van der Waals surface area contributed by atoms with Gasteiger partial charge < -0.3 is 10.2 Å². The molecular formula is C31H36F3N3O4S. The molecule has 0 unspecified atom stereocenters. The van der Waals surface area contributed by atoms with Crippen LogP contribution in [0.25, 0.3) is 0 Å². The minimum atomic E-state index is -4.74. The number of benzene rings is 3. The van der Waals surface area contributed by atoms with Gasteiger partial charge in [-0.3, -0.25) is 13.9 Å². The summed E-state index contributed by atoms with van der Waals surface area (Å²) < 4.78 is 69.1. The number of nitrogens with one attached hydrogen (secondary N) is 1. The molecule has 0 saturated heterocycles. The maximum absolute atomic E-state index is 13.9. The summed E-state index contributed by atoms with van der Waals surface area (Å²) in [5, 5.41) is 2.83. The predicted molar refractivity (Wildman–Crippen MR) is 156 cm³/mol. The maximum atomic E-state index is 13.9. The number of nitrogens with zero attached hydrogens (tertiary/aromatic N) is 2. The molecule has 0 bridgehead atoms. The third kappa shape index (κ3) is 8.58. The van der Waals surface area contributed by atoms with Gasteiger partial charge in [0.1, 0.15) is 12.6 Å². The summed E-state index contributed by atoms with van der Waals surface area (Å²) in [6.45, 7) is 7.92. The van der Waals surface area contributed by atoms with E-state index in [0.29, 0.717) is 16.8 Å². The normalized spacial score (nSPS) is 12.9. The molecule has 0 fully saturated rings. The van der Waals surface area contributed by atoms with Crippen LogP contribution in [0.15, 0.2) is 83.8 Å². The van der Waals surface area contributed by atoms with Crippen molar-refractivity contribution in [3.8, 4) is 0 Å². The van der Waals surface area contributed by atoms with Gasteiger partial charge in [0.2, 0.25) is 11.8 Å². The third-order valence-electron chi connectivity index (χ3n) is 6.50. The second-order valence-electron chi connectivity index (χ2n) is 11.1. The van der Waals surface area contributed by atoms with E-state index in [1.807, 2.05) is 30.3 Å². The molecule has 0 radical (unpaired) electrons. The molecule has 3 aromatic carbocycles. The van der Waals surface area contributed by atoms with E-state index >= 15 is 0 Å². The van der Waals surface area contributed by atoms with Crippen LogP contribution in [0.5, 0.6) is 0 Å². The van der Waals surface area contributed by atoms with Crippen molar-refractivity contribution in [3.63, 3.8) is 0 Å². The summed E-state index contributed by atoms with van der Waals surface area (Å²) in [6.07, 6.45) is -4.37. The van der Waals surface area contributed by atoms with Crippen LogP contribution < -0.4 is 9.62 Å². The molecule has 0 aromatic heterocycles. The van der Waals surface area contributed by atoms with Crippen LogP contribution in [0.3, 0.4) is 0 Å². The molecule has 2 amide bonds. The van der Waals surface area contributed by atoms with E-state index in [1.54, 1.807) is 39.8 Å². The Morgan fingerprint density at radius 2 is 1.52 bits per heavy atom. The highest BCUT2D eigenvalue weighted by molar-refractivity contribution is 7.92. The number of rotatable bonds is 10. The molecule has 3 rings (SSSR count). The standard InChI is InChI=1S/C31H36F3N3O4S/c1-22-14-16-27(17-15-22)42(40,41)37(26-13-9-12-25(20-26)31(32,33)34)21-28(38)36(19-18-24-10-7-6-8-11-24)23(2)29(39)35-30(3,4)5/h6-17,20,23H,18-19,21H2,1-5H3,(H,35,39)/t23-/m0/s1. The summed E-state index contributed by atoms with van der Waals surface area (Å²) in [7, 11) is -4.49. The zero-order chi connectivity index (χ0) is 31.3. The van der Waals surface area contributed by atoms with E-state index in [4.69, 9.17) is 0 Å². The van der Waals surface area contributed by atoms with Crippen molar-refractivity contribution in [1.29, 1.82) is 0 Å². The van der Waals surface area contributed by atoms with Crippen LogP contribution in [-0.4, -0.2) is 49.8 Å². The van der Waals surface area contributed by atoms with E-state index < -0.39 is 51.7 Å². The molecule has 1 N–H and O–H groups in total. The minimum absolute atomic E-state index is 0.0720. The van der Waals surface area contributed by atoms with Crippen molar-refractivity contribution in [2.75, 3.05) is 17.4 Å². The van der Waals surface area contributed by atoms with Crippen LogP contribution in [0.4, 0.5) is 18.9 Å². The fourth-order valence-corrected chi connectivity index (χ4v) is 5.65. The first-order valence-corrected chi connectivity index (χ1v) is 14.8. The van der Waals surface area contributed by atoms with Gasteiger partial charge in [-0.15, -0.1) is 0 Å². The second kappa shape index (κ2) is 13.0. The third-order valence-corrected chi connectivity index (χ3v) is 8.29. The Balaban J connectivity index is 2.05. The zero-order valence-corrected chi connectivity index (χ0v) is 25.1. The molecule has 1 atom stereocenters. The molecule has 42 heavy (non-hydrogen) atoms. The smallest absolute Gasteiger partial charge is 0.350 e. The first-order chi connectivity index (χ1) is 19.5. The Bertz CT molecular complexity index is 1490. The average Bonchev–Trinajstić information content (AvgIpc) is 2.91. The average molecular weight is 604 g/mol. The number of carbonyl (C=O) groups excluding carboxylic acids is 2. The van der Waals surface area contributed by atoms with E-state index in [1.165, 1.54) is 30.0 Å². The van der Waals surface area contributed by atoms with Gasteiger partial charge in [-0.1, -0.05) is 54.1 Å². The molecule has 0 aliphatic heterocycles. The second-order valence-corrected chi connectivity index (χ2v) is 13.0. The van der Waals surface area contributed by atoms with E-state index in [2.05, 4.69) is 5.32 Å². The summed E-state index contributed by atoms with van der Waals surface area (Å²) in [6, 6.07) is 17.8. The molecule has 7 nitrogen and oxygen atoms in total. The maximum Gasteiger partial charge on any atom is 0.416 e. The Labute approximate surface area is 245 Å². The van der Waals surface area contributed by atoms with Crippen LogP contribution >= 0.6 is 0 Å². The predicted octanol–water partition coefficient (Wildman–Crippen LogP) is 5.58. The van der Waals surface area contributed by atoms with Crippen molar-refractivity contribution in [2.24, 2.45) is 0 Å². The van der Waals surface area contributed by atoms with Crippen molar-refractivity contribution in [3.05, 3.63) is 95.6 Å². The summed E-state index contributed by atoms with van der Waals surface area (Å²) >= 11 is 0. The Morgan fingerprint density at radius 3 is 2.10 bits per heavy atom. The number of alkyl halides is 3. The lowest BCUT2D eigenvalue weighted by Crippen LogP contribution is -2.55. The molecule has 0 aliphatic carbocycles. The fraction of sp³-hybridized carbons (Fsp3) is 0.355. The largest absolute Gasteiger partial charge is 0.416 e. The molecule has 0 aliphatic rings. The molecule has 0 saturated carbocycles. The van der Waals surface area contributed by atoms with Crippen molar-refractivity contribution < 1.29 is 31.2 Å². The van der Waals surface area contributed by atoms with Gasteiger partial charge in [-0.25, -0.2) is 8.42 Å². The number of carbonyl (C=O) groups is 2. The number of hydrogen-bond acceptors (Lipinski definition) is 4. The van der Waals surface area contributed by atoms with Gasteiger partial charge in [0.05, 0.1) is 16.1 Å². The lowest BCUT2D eigenvalue weighted by atomic mass is 10.1. The first-order valence-electron chi connectivity index (χ1n) is 13.4. The lowest BCUT2D eigenvalue weighted by molar-refractivity contribution is -0.139. The van der Waals surface area contributed by atoms with Crippen molar-refractivity contribution >= 4 is 27.5 Å². The van der Waals surface area contributed by atoms with Crippen molar-refractivity contribution in [1.82, 2.24) is 10.2 Å². The first kappa shape index (κ1) is 32.7. The molecule has 0 spiro atoms. The summed E-state index contributed by atoms with van der Waals surface area (Å²) in [5.41, 5.74) is -0.315. The number of aryl methyl sites for hydroxylation is 1. The summed E-state index contributed by atoms with van der Waals surface area (Å²) in [5.74, 6) is -1.19. The van der Waals surface area contributed by atoms with E-state index in [9.17, 15) is 31.2 Å². The number of hydrogen-bond donors (Lipinski definition) is 1. The van der Waals surface area contributed by atoms with E-state index in [-0.39, 0.29) is 17.1 Å². The van der Waals surface area contributed by atoms with Gasteiger partial charge >= 0.3 is 6.18 Å². The Hall–Kier alpha value is -3.86. The molecule has 11 heteroatoms. The number of amides is 2. The van der Waals surface area contributed by atoms with Crippen LogP contribution in [0.2, 0.25) is 0 Å². The molecule has 0 heterocycles. The van der Waals surface area contributed by atoms with Gasteiger partial charge in [-0.05, 0) is 76.9 Å². The molecule has 3 aromatic rings. The lowest BCUT2D eigenvalue weighted by Gasteiger charge is -2.33. The quantitative estimate of drug-likeness (QED) is 0.328. The zero-order valence-electron chi connectivity index (χ0n) is 24.3. The highest BCUT2D eigenvalue weighted by atomic mass is 32.2. The van der Waals surface area contributed by atoms with Gasteiger partial charge in [0.15, 0.2) is 0 Å². The number of sulfonamides is 1. The topological polar surface area (TPSA) is 86.8 Å². The minimum Gasteiger partial charge on any atom is -0.350 e. The van der Waals surface area contributed by atoms with E-state index in [0.717, 1.165) is 23.3 Å². The Kier molecular flexibility index (Phi) is 10.1. The monoisotopic (exact) mass is 603 g/mol. The van der Waals surface area contributed by atoms with Crippen LogP contribution in [0.1, 0.15) is 44.4 Å². The highest BCUT2D eigenvalue weighted by Crippen LogP contribution is 2.33.